The van der Waals surface area contributed by atoms with Crippen molar-refractivity contribution in [1.29, 1.82) is 0 Å². The summed E-state index contributed by atoms with van der Waals surface area (Å²) in [7, 11) is 0. The molecule has 0 saturated carbocycles. The summed E-state index contributed by atoms with van der Waals surface area (Å²) in [6.45, 7) is 4.17. The van der Waals surface area contributed by atoms with Crippen molar-refractivity contribution in [3.8, 4) is 0 Å². The number of rotatable bonds is 3. The van der Waals surface area contributed by atoms with Crippen molar-refractivity contribution in [2.45, 2.75) is 20.3 Å². The van der Waals surface area contributed by atoms with Gasteiger partial charge in [-0.15, -0.1) is 0 Å². The van der Waals surface area contributed by atoms with Crippen LogP contribution in [0, 0.1) is 5.92 Å². The lowest BCUT2D eigenvalue weighted by Gasteiger charge is -2.02. The summed E-state index contributed by atoms with van der Waals surface area (Å²) in [5.41, 5.74) is 5.27. The van der Waals surface area contributed by atoms with E-state index in [1.54, 1.807) is 6.92 Å². The fourth-order valence-electron chi connectivity index (χ4n) is 0.574. The second-order valence-corrected chi connectivity index (χ2v) is 2.25. The molecule has 0 fully saturated rings. The van der Waals surface area contributed by atoms with E-state index in [2.05, 4.69) is 0 Å². The van der Waals surface area contributed by atoms with Crippen LogP contribution in [0.2, 0.25) is 0 Å². The lowest BCUT2D eigenvalue weighted by Crippen LogP contribution is -2.13. The average Bonchev–Trinajstić information content (AvgIpc) is 1.65. The van der Waals surface area contributed by atoms with Crippen molar-refractivity contribution < 1.29 is 4.79 Å². The van der Waals surface area contributed by atoms with Crippen LogP contribution in [-0.2, 0) is 4.79 Å². The number of Topliss-reactive ketones (excluding diaryl/α,β-unsaturated/α-hetero) is 1. The van der Waals surface area contributed by atoms with E-state index in [1.807, 2.05) is 6.92 Å². The molecule has 0 aliphatic rings. The number of nitrogens with two attached hydrogens (primary N) is 1. The van der Waals surface area contributed by atoms with E-state index in [1.165, 1.54) is 0 Å². The molecule has 8 heavy (non-hydrogen) atoms. The molecular formula is C6H13NO. The molecule has 1 atom stereocenters. The summed E-state index contributed by atoms with van der Waals surface area (Å²) in [6, 6.07) is 0. The Kier molecular flexibility index (Phi) is 3.44. The fraction of sp³-hybridized carbons (Fsp3) is 0.833. The van der Waals surface area contributed by atoms with Crippen molar-refractivity contribution in [3.05, 3.63) is 0 Å². The Balaban J connectivity index is 3.24. The molecule has 0 unspecified atom stereocenters. The first kappa shape index (κ1) is 7.63. The van der Waals surface area contributed by atoms with E-state index in [0.29, 0.717) is 18.9 Å². The quantitative estimate of drug-likeness (QED) is 0.584. The van der Waals surface area contributed by atoms with Crippen molar-refractivity contribution in [1.82, 2.24) is 0 Å². The molecule has 0 bridgehead atoms. The third kappa shape index (κ3) is 3.81. The normalized spacial score (nSPS) is 13.4. The third-order valence-electron chi connectivity index (χ3n) is 1.04. The Bertz CT molecular complexity index is 80.6. The third-order valence-corrected chi connectivity index (χ3v) is 1.04. The van der Waals surface area contributed by atoms with Gasteiger partial charge < -0.3 is 10.5 Å². The van der Waals surface area contributed by atoms with E-state index in [0.717, 1.165) is 0 Å². The molecule has 0 aromatic rings. The predicted octanol–water partition coefficient (Wildman–Crippen LogP) is 0.560. The maximum absolute atomic E-state index is 10.4. The Morgan fingerprint density at radius 3 is 2.38 bits per heavy atom. The number of hydrogen-bond donors (Lipinski definition) is 1. The average molecular weight is 115 g/mol. The van der Waals surface area contributed by atoms with Gasteiger partial charge in [0.15, 0.2) is 0 Å². The van der Waals surface area contributed by atoms with Crippen molar-refractivity contribution >= 4 is 5.78 Å². The van der Waals surface area contributed by atoms with Gasteiger partial charge in [0.25, 0.3) is 0 Å². The number of hydrogen-bond acceptors (Lipinski definition) is 2. The van der Waals surface area contributed by atoms with Gasteiger partial charge in [0, 0.05) is 6.42 Å². The predicted molar refractivity (Wildman–Crippen MR) is 33.5 cm³/mol. The van der Waals surface area contributed by atoms with Crippen LogP contribution >= 0.6 is 0 Å². The van der Waals surface area contributed by atoms with Gasteiger partial charge in [-0.2, -0.15) is 0 Å². The minimum Gasteiger partial charge on any atom is -0.330 e. The molecule has 2 N–H and O–H groups in total. The summed E-state index contributed by atoms with van der Waals surface area (Å²) in [5.74, 6) is 0.579. The topological polar surface area (TPSA) is 43.1 Å². The summed E-state index contributed by atoms with van der Waals surface area (Å²) in [6.07, 6.45) is 0.622. The molecule has 0 saturated heterocycles. The van der Waals surface area contributed by atoms with Gasteiger partial charge in [-0.25, -0.2) is 0 Å². The molecule has 0 aromatic carbocycles. The molecule has 0 radical (unpaired) electrons. The van der Waals surface area contributed by atoms with E-state index >= 15 is 0 Å². The zero-order chi connectivity index (χ0) is 6.57. The molecular weight excluding hydrogens is 102 g/mol. The molecule has 2 nitrogen and oxygen atoms in total. The molecule has 0 rings (SSSR count). The summed E-state index contributed by atoms with van der Waals surface area (Å²) in [4.78, 5) is 10.4. The van der Waals surface area contributed by atoms with Crippen LogP contribution < -0.4 is 5.73 Å². The Morgan fingerprint density at radius 1 is 1.75 bits per heavy atom. The SMILES string of the molecule is CC(=O)C[C@H](C)CN. The minimum absolute atomic E-state index is 0.225. The highest BCUT2D eigenvalue weighted by molar-refractivity contribution is 5.75. The maximum atomic E-state index is 10.4. The van der Waals surface area contributed by atoms with Crippen molar-refractivity contribution in [2.75, 3.05) is 6.54 Å². The number of ketones is 1. The summed E-state index contributed by atoms with van der Waals surface area (Å²) < 4.78 is 0. The fourth-order valence-corrected chi connectivity index (χ4v) is 0.574. The smallest absolute Gasteiger partial charge is 0.130 e. The Morgan fingerprint density at radius 2 is 2.25 bits per heavy atom. The Labute approximate surface area is 50.1 Å². The Hall–Kier alpha value is -0.370. The first-order chi connectivity index (χ1) is 3.66. The highest BCUT2D eigenvalue weighted by atomic mass is 16.1. The minimum atomic E-state index is 0.225. The van der Waals surface area contributed by atoms with Crippen LogP contribution in [0.3, 0.4) is 0 Å². The van der Waals surface area contributed by atoms with Gasteiger partial charge in [-0.3, -0.25) is 0 Å². The van der Waals surface area contributed by atoms with Crippen molar-refractivity contribution in [3.63, 3.8) is 0 Å². The van der Waals surface area contributed by atoms with Gasteiger partial charge in [-0.05, 0) is 19.4 Å². The van der Waals surface area contributed by atoms with E-state index < -0.39 is 0 Å². The van der Waals surface area contributed by atoms with Gasteiger partial charge >= 0.3 is 0 Å². The van der Waals surface area contributed by atoms with Gasteiger partial charge in [0.2, 0.25) is 0 Å². The highest BCUT2D eigenvalue weighted by Gasteiger charge is 2.00. The number of carbonyl (C=O) groups is 1. The standard InChI is InChI=1S/C6H13NO/c1-5(4-7)3-6(2)8/h5H,3-4,7H2,1-2H3/t5-/m0/s1. The zero-order valence-corrected chi connectivity index (χ0v) is 5.48. The second kappa shape index (κ2) is 3.61. The van der Waals surface area contributed by atoms with Gasteiger partial charge in [0.05, 0.1) is 0 Å². The summed E-state index contributed by atoms with van der Waals surface area (Å²) >= 11 is 0. The molecule has 0 aromatic heterocycles. The second-order valence-electron chi connectivity index (χ2n) is 2.25. The van der Waals surface area contributed by atoms with E-state index in [4.69, 9.17) is 5.73 Å². The first-order valence-corrected chi connectivity index (χ1v) is 2.86. The van der Waals surface area contributed by atoms with Crippen molar-refractivity contribution in [2.24, 2.45) is 11.7 Å². The molecule has 0 aliphatic heterocycles. The zero-order valence-electron chi connectivity index (χ0n) is 5.48. The molecule has 0 heterocycles. The first-order valence-electron chi connectivity index (χ1n) is 2.86. The number of carbonyl (C=O) groups excluding carboxylic acids is 1. The van der Waals surface area contributed by atoms with Crippen LogP contribution in [0.1, 0.15) is 20.3 Å². The molecule has 48 valence electrons. The van der Waals surface area contributed by atoms with E-state index in [9.17, 15) is 4.79 Å². The lowest BCUT2D eigenvalue weighted by atomic mass is 10.1. The molecule has 2 heteroatoms. The van der Waals surface area contributed by atoms with E-state index in [-0.39, 0.29) is 5.78 Å². The highest BCUT2D eigenvalue weighted by Crippen LogP contribution is 1.97. The van der Waals surface area contributed by atoms with Crippen LogP contribution in [0.5, 0.6) is 0 Å². The molecule has 0 spiro atoms. The monoisotopic (exact) mass is 115 g/mol. The van der Waals surface area contributed by atoms with Crippen LogP contribution in [0.15, 0.2) is 0 Å². The van der Waals surface area contributed by atoms with Crippen LogP contribution in [-0.4, -0.2) is 12.3 Å². The van der Waals surface area contributed by atoms with Gasteiger partial charge in [-0.1, -0.05) is 6.92 Å². The van der Waals surface area contributed by atoms with Gasteiger partial charge in [0.1, 0.15) is 5.78 Å². The van der Waals surface area contributed by atoms with Crippen LogP contribution in [0.25, 0.3) is 0 Å². The molecule has 0 amide bonds. The largest absolute Gasteiger partial charge is 0.330 e. The molecule has 0 aliphatic carbocycles. The maximum Gasteiger partial charge on any atom is 0.130 e. The lowest BCUT2D eigenvalue weighted by molar-refractivity contribution is -0.117. The summed E-state index contributed by atoms with van der Waals surface area (Å²) in [5, 5.41) is 0. The van der Waals surface area contributed by atoms with Crippen LogP contribution in [0.4, 0.5) is 0 Å².